The normalized spacial score (nSPS) is 22.5. The fraction of sp³-hybridized carbons (Fsp3) is 0.562. The van der Waals surface area contributed by atoms with Crippen molar-refractivity contribution in [2.45, 2.75) is 75.9 Å². The number of ether oxygens (including phenoxy) is 5. The van der Waals surface area contributed by atoms with Crippen molar-refractivity contribution in [2.75, 3.05) is 33.1 Å². The molecular formula is C32H43N3O10S. The molecule has 252 valence electrons. The van der Waals surface area contributed by atoms with E-state index in [0.29, 0.717) is 43.1 Å². The number of hydrogen-bond donors (Lipinski definition) is 3. The Morgan fingerprint density at radius 3 is 2.67 bits per heavy atom. The van der Waals surface area contributed by atoms with E-state index in [9.17, 15) is 18.3 Å². The summed E-state index contributed by atoms with van der Waals surface area (Å²) >= 11 is 0. The summed E-state index contributed by atoms with van der Waals surface area (Å²) in [5.41, 5.74) is 0.773. The van der Waals surface area contributed by atoms with Crippen LogP contribution in [0.5, 0.6) is 11.5 Å². The second-order valence-corrected chi connectivity index (χ2v) is 14.7. The molecule has 0 unspecified atom stereocenters. The maximum atomic E-state index is 14.2. The van der Waals surface area contributed by atoms with Crippen molar-refractivity contribution in [2.24, 2.45) is 16.5 Å². The molecule has 3 N–H and O–H groups in total. The summed E-state index contributed by atoms with van der Waals surface area (Å²) in [6.45, 7) is 5.96. The summed E-state index contributed by atoms with van der Waals surface area (Å²) in [4.78, 5) is 13.2. The number of nitrogens with one attached hydrogen (secondary N) is 1. The average Bonchev–Trinajstić information content (AvgIpc) is 3.78. The lowest BCUT2D eigenvalue weighted by atomic mass is 9.86. The Morgan fingerprint density at radius 1 is 1.15 bits per heavy atom. The van der Waals surface area contributed by atoms with E-state index in [2.05, 4.69) is 10.5 Å². The van der Waals surface area contributed by atoms with Crippen LogP contribution in [0.25, 0.3) is 0 Å². The number of rotatable bonds is 14. The number of nitrogens with zero attached hydrogens (tertiary/aromatic N) is 2. The van der Waals surface area contributed by atoms with Crippen LogP contribution in [0.4, 0.5) is 4.79 Å². The molecule has 0 aromatic heterocycles. The Kier molecular flexibility index (Phi) is 10.7. The lowest BCUT2D eigenvalue weighted by molar-refractivity contribution is -0.0907. The van der Waals surface area contributed by atoms with Gasteiger partial charge in [0.05, 0.1) is 41.9 Å². The van der Waals surface area contributed by atoms with Crippen molar-refractivity contribution in [3.05, 3.63) is 54.1 Å². The molecule has 2 aromatic rings. The first-order chi connectivity index (χ1) is 21.9. The van der Waals surface area contributed by atoms with Gasteiger partial charge in [-0.15, -0.1) is 0 Å². The predicted octanol–water partition coefficient (Wildman–Crippen LogP) is 3.52. The molecule has 3 aliphatic heterocycles. The van der Waals surface area contributed by atoms with Gasteiger partial charge in [-0.2, -0.15) is 4.31 Å². The van der Waals surface area contributed by atoms with Crippen LogP contribution in [0.1, 0.15) is 45.6 Å². The number of fused-ring (bicyclic) bond motifs is 2. The zero-order chi connectivity index (χ0) is 32.9. The highest BCUT2D eigenvalue weighted by Crippen LogP contribution is 2.36. The van der Waals surface area contributed by atoms with E-state index in [4.69, 9.17) is 28.9 Å². The molecule has 0 radical (unpaired) electrons. The smallest absolute Gasteiger partial charge is 0.407 e. The van der Waals surface area contributed by atoms with Crippen molar-refractivity contribution in [3.8, 4) is 11.5 Å². The van der Waals surface area contributed by atoms with Gasteiger partial charge in [-0.05, 0) is 55.7 Å². The Morgan fingerprint density at radius 2 is 1.91 bits per heavy atom. The van der Waals surface area contributed by atoms with Crippen molar-refractivity contribution in [1.29, 1.82) is 0 Å². The summed E-state index contributed by atoms with van der Waals surface area (Å²) in [7, 11) is -4.17. The minimum atomic E-state index is -4.17. The van der Waals surface area contributed by atoms with Gasteiger partial charge >= 0.3 is 6.09 Å². The summed E-state index contributed by atoms with van der Waals surface area (Å²) < 4.78 is 57.3. The monoisotopic (exact) mass is 661 g/mol. The molecule has 3 heterocycles. The Hall–Kier alpha value is -3.43. The third-order valence-electron chi connectivity index (χ3n) is 8.62. The Labute approximate surface area is 269 Å². The van der Waals surface area contributed by atoms with Gasteiger partial charge in [-0.3, -0.25) is 0 Å². The number of benzene rings is 2. The van der Waals surface area contributed by atoms with E-state index in [1.165, 1.54) is 16.4 Å². The molecule has 1 amide bonds. The minimum Gasteiger partial charge on any atom is -0.454 e. The van der Waals surface area contributed by atoms with Crippen molar-refractivity contribution < 1.29 is 47.2 Å². The third-order valence-corrected chi connectivity index (χ3v) is 10.4. The molecular weight excluding hydrogens is 618 g/mol. The highest BCUT2D eigenvalue weighted by Gasteiger charge is 2.44. The number of oxime groups is 1. The van der Waals surface area contributed by atoms with Gasteiger partial charge < -0.3 is 39.3 Å². The topological polar surface area (TPSA) is 165 Å². The maximum absolute atomic E-state index is 14.2. The summed E-state index contributed by atoms with van der Waals surface area (Å²) in [5.74, 6) is 0.693. The van der Waals surface area contributed by atoms with Crippen molar-refractivity contribution in [3.63, 3.8) is 0 Å². The molecule has 5 rings (SSSR count). The van der Waals surface area contributed by atoms with Crippen LogP contribution in [0.15, 0.2) is 58.6 Å². The lowest BCUT2D eigenvalue weighted by Gasteiger charge is -2.35. The second kappa shape index (κ2) is 14.6. The third kappa shape index (κ3) is 8.28. The van der Waals surface area contributed by atoms with E-state index in [-0.39, 0.29) is 43.7 Å². The summed E-state index contributed by atoms with van der Waals surface area (Å²) in [6, 6.07) is 12.8. The number of hydrogen-bond acceptors (Lipinski definition) is 11. The number of carbonyl (C=O) groups is 1. The van der Waals surface area contributed by atoms with Gasteiger partial charge in [0.1, 0.15) is 6.10 Å². The van der Waals surface area contributed by atoms with E-state index in [1.54, 1.807) is 13.0 Å². The highest BCUT2D eigenvalue weighted by atomic mass is 32.2. The molecule has 2 fully saturated rings. The number of aliphatic hydroxyl groups excluding tert-OH is 1. The van der Waals surface area contributed by atoms with Crippen LogP contribution in [0.2, 0.25) is 0 Å². The first-order valence-electron chi connectivity index (χ1n) is 15.4. The predicted molar refractivity (Wildman–Crippen MR) is 166 cm³/mol. The van der Waals surface area contributed by atoms with Crippen LogP contribution in [0.3, 0.4) is 0 Å². The molecule has 46 heavy (non-hydrogen) atoms. The van der Waals surface area contributed by atoms with Gasteiger partial charge in [0, 0.05) is 19.2 Å². The number of alkyl carbamates (subject to hydrolysis) is 1. The SMILES string of the molecule is C/C(CCC(C)(C)CN(C[C@@H](O)[C@H](Cc1ccccc1)NC(=O)O[C@H]1CO[C@H]2OCC[C@H]21)S(=O)(=O)c1ccc2c(c1)OCO2)=N\O. The molecule has 14 heteroatoms. The van der Waals surface area contributed by atoms with Crippen LogP contribution in [-0.4, -0.2) is 92.5 Å². The largest absolute Gasteiger partial charge is 0.454 e. The fourth-order valence-electron chi connectivity index (χ4n) is 5.92. The van der Waals surface area contributed by atoms with Gasteiger partial charge in [0.25, 0.3) is 0 Å². The van der Waals surface area contributed by atoms with Gasteiger partial charge in [-0.1, -0.05) is 49.3 Å². The quantitative estimate of drug-likeness (QED) is 0.155. The Balaban J connectivity index is 1.38. The van der Waals surface area contributed by atoms with Crippen LogP contribution in [-0.2, 0) is 30.7 Å². The Bertz CT molecular complexity index is 1490. The molecule has 3 aliphatic rings. The average molecular weight is 662 g/mol. The van der Waals surface area contributed by atoms with E-state index >= 15 is 0 Å². The molecule has 0 bridgehead atoms. The van der Waals surface area contributed by atoms with Crippen LogP contribution >= 0.6 is 0 Å². The number of amides is 1. The molecule has 13 nitrogen and oxygen atoms in total. The number of carbonyl (C=O) groups excluding carboxylic acids is 1. The maximum Gasteiger partial charge on any atom is 0.407 e. The standard InChI is InChI=1S/C32H43N3O10S/c1-21(34-38)11-13-32(2,3)19-35(46(39,40)23-9-10-27-28(16-23)44-20-43-27)17-26(36)25(15-22-7-5-4-6-8-22)33-31(37)45-29-18-42-30-24(29)12-14-41-30/h4-10,16,24-26,29-30,36,38H,11-15,17-20H2,1-3H3,(H,33,37)/b34-21+/t24-,25-,26+,29-,30+/m0/s1. The molecule has 5 atom stereocenters. The fourth-order valence-corrected chi connectivity index (χ4v) is 7.58. The first kappa shape index (κ1) is 33.9. The number of sulfonamides is 1. The van der Waals surface area contributed by atoms with Gasteiger partial charge in [0.2, 0.25) is 16.8 Å². The molecule has 2 aromatic carbocycles. The summed E-state index contributed by atoms with van der Waals surface area (Å²) in [5, 5.41) is 26.9. The van der Waals surface area contributed by atoms with E-state index < -0.39 is 46.1 Å². The van der Waals surface area contributed by atoms with Crippen LogP contribution in [0, 0.1) is 11.3 Å². The lowest BCUT2D eigenvalue weighted by Crippen LogP contribution is -2.52. The van der Waals surface area contributed by atoms with Gasteiger partial charge in [0.15, 0.2) is 17.8 Å². The highest BCUT2D eigenvalue weighted by molar-refractivity contribution is 7.89. The molecule has 0 spiro atoms. The minimum absolute atomic E-state index is 0.00952. The summed E-state index contributed by atoms with van der Waals surface area (Å²) in [6.07, 6.45) is -1.04. The van der Waals surface area contributed by atoms with Crippen LogP contribution < -0.4 is 14.8 Å². The van der Waals surface area contributed by atoms with E-state index in [1.807, 2.05) is 44.2 Å². The van der Waals surface area contributed by atoms with Gasteiger partial charge in [-0.25, -0.2) is 13.2 Å². The first-order valence-corrected chi connectivity index (χ1v) is 16.9. The second-order valence-electron chi connectivity index (χ2n) is 12.8. The number of aliphatic hydroxyl groups is 1. The zero-order valence-electron chi connectivity index (χ0n) is 26.3. The molecule has 2 saturated heterocycles. The van der Waals surface area contributed by atoms with Crippen molar-refractivity contribution >= 4 is 21.8 Å². The zero-order valence-corrected chi connectivity index (χ0v) is 27.1. The van der Waals surface area contributed by atoms with Crippen molar-refractivity contribution in [1.82, 2.24) is 9.62 Å². The molecule has 0 saturated carbocycles. The van der Waals surface area contributed by atoms with E-state index in [0.717, 1.165) is 5.56 Å². The molecule has 0 aliphatic carbocycles.